The third-order valence-corrected chi connectivity index (χ3v) is 2.25. The highest BCUT2D eigenvalue weighted by molar-refractivity contribution is 5.52. The van der Waals surface area contributed by atoms with Gasteiger partial charge in [0.05, 0.1) is 5.69 Å². The fourth-order valence-electron chi connectivity index (χ4n) is 1.52. The highest BCUT2D eigenvalue weighted by atomic mass is 19.4. The Balaban J connectivity index is 2.33. The van der Waals surface area contributed by atoms with E-state index in [-0.39, 0.29) is 5.82 Å². The van der Waals surface area contributed by atoms with Crippen LogP contribution in [0.2, 0.25) is 0 Å². The van der Waals surface area contributed by atoms with Crippen molar-refractivity contribution in [3.8, 4) is 11.5 Å². The summed E-state index contributed by atoms with van der Waals surface area (Å²) in [6, 6.07) is -0.418. The molecule has 1 unspecified atom stereocenters. The lowest BCUT2D eigenvalue weighted by molar-refractivity contribution is -0.142. The molecule has 0 radical (unpaired) electrons. The lowest BCUT2D eigenvalue weighted by Gasteiger charge is -2.07. The fourth-order valence-corrected chi connectivity index (χ4v) is 1.52. The molecule has 2 N–H and O–H groups in total. The Kier molecular flexibility index (Phi) is 3.47. The molecule has 102 valence electrons. The van der Waals surface area contributed by atoms with E-state index in [1.807, 2.05) is 0 Å². The van der Waals surface area contributed by atoms with Gasteiger partial charge in [-0.05, 0) is 6.92 Å². The summed E-state index contributed by atoms with van der Waals surface area (Å²) in [4.78, 5) is 11.9. The van der Waals surface area contributed by atoms with Gasteiger partial charge in [-0.25, -0.2) is 14.6 Å². The average molecular weight is 272 g/mol. The van der Waals surface area contributed by atoms with E-state index in [2.05, 4.69) is 20.1 Å². The third kappa shape index (κ3) is 3.25. The largest absolute Gasteiger partial charge is 0.408 e. The first-order valence-electron chi connectivity index (χ1n) is 5.40. The fraction of sp³-hybridized carbons (Fsp3) is 0.400. The number of aromatic nitrogens is 5. The molecule has 0 saturated heterocycles. The number of nitrogens with zero attached hydrogens (tertiary/aromatic N) is 5. The molecular formula is C10H11F3N6. The van der Waals surface area contributed by atoms with Crippen LogP contribution in [-0.4, -0.2) is 30.9 Å². The molecule has 0 aliphatic heterocycles. The van der Waals surface area contributed by atoms with Gasteiger partial charge in [0, 0.05) is 18.4 Å². The summed E-state index contributed by atoms with van der Waals surface area (Å²) in [5.74, 6) is 0.0738. The van der Waals surface area contributed by atoms with Crippen LogP contribution in [0.15, 0.2) is 18.7 Å². The first kappa shape index (κ1) is 13.4. The minimum absolute atomic E-state index is 0.0738. The predicted molar refractivity (Wildman–Crippen MR) is 59.7 cm³/mol. The lowest BCUT2D eigenvalue weighted by atomic mass is 10.2. The number of hydrogen-bond acceptors (Lipinski definition) is 5. The molecule has 0 aliphatic rings. The summed E-state index contributed by atoms with van der Waals surface area (Å²) in [7, 11) is 0. The van der Waals surface area contributed by atoms with Crippen molar-refractivity contribution in [3.63, 3.8) is 0 Å². The zero-order chi connectivity index (χ0) is 14.0. The van der Waals surface area contributed by atoms with Gasteiger partial charge in [-0.2, -0.15) is 13.2 Å². The van der Waals surface area contributed by atoms with Crippen molar-refractivity contribution in [2.24, 2.45) is 5.73 Å². The second-order valence-corrected chi connectivity index (χ2v) is 3.96. The molecule has 0 aliphatic carbocycles. The molecule has 0 amide bonds. The molecule has 1 atom stereocenters. The van der Waals surface area contributed by atoms with E-state index in [0.29, 0.717) is 16.1 Å². The van der Waals surface area contributed by atoms with Gasteiger partial charge >= 0.3 is 6.18 Å². The van der Waals surface area contributed by atoms with Gasteiger partial charge in [0.2, 0.25) is 5.82 Å². The number of nitrogens with two attached hydrogens (primary N) is 1. The maximum absolute atomic E-state index is 12.2. The van der Waals surface area contributed by atoms with E-state index in [0.717, 1.165) is 6.33 Å². The van der Waals surface area contributed by atoms with Gasteiger partial charge in [0.15, 0.2) is 0 Å². The molecule has 2 heterocycles. The molecule has 0 bridgehead atoms. The van der Waals surface area contributed by atoms with Gasteiger partial charge in [0.25, 0.3) is 0 Å². The van der Waals surface area contributed by atoms with E-state index < -0.39 is 18.8 Å². The van der Waals surface area contributed by atoms with Crippen molar-refractivity contribution >= 4 is 0 Å². The molecule has 2 aromatic heterocycles. The van der Waals surface area contributed by atoms with Crippen molar-refractivity contribution in [2.45, 2.75) is 25.7 Å². The Bertz CT molecular complexity index is 562. The zero-order valence-corrected chi connectivity index (χ0v) is 9.96. The van der Waals surface area contributed by atoms with E-state index >= 15 is 0 Å². The Morgan fingerprint density at radius 2 is 1.95 bits per heavy atom. The maximum atomic E-state index is 12.2. The molecule has 9 heteroatoms. The molecule has 6 nitrogen and oxygen atoms in total. The van der Waals surface area contributed by atoms with Gasteiger partial charge in [-0.15, -0.1) is 5.10 Å². The molecule has 0 fully saturated rings. The molecule has 19 heavy (non-hydrogen) atoms. The Morgan fingerprint density at radius 3 is 2.58 bits per heavy atom. The molecule has 0 spiro atoms. The van der Waals surface area contributed by atoms with Crippen LogP contribution < -0.4 is 5.73 Å². The second-order valence-electron chi connectivity index (χ2n) is 3.96. The summed E-state index contributed by atoms with van der Waals surface area (Å²) in [5.41, 5.74) is 6.44. The minimum atomic E-state index is -4.35. The summed E-state index contributed by atoms with van der Waals surface area (Å²) >= 11 is 0. The van der Waals surface area contributed by atoms with E-state index in [4.69, 9.17) is 5.73 Å². The molecule has 2 aromatic rings. The standard InChI is InChI=1S/C10H11F3N6/c1-6(14)7-8(16-3-2-15-7)9-17-5-19(18-9)4-10(11,12)13/h2-3,5-6H,4,14H2,1H3. The minimum Gasteiger partial charge on any atom is -0.323 e. The van der Waals surface area contributed by atoms with Gasteiger partial charge in [0.1, 0.15) is 18.6 Å². The zero-order valence-electron chi connectivity index (χ0n) is 9.96. The third-order valence-electron chi connectivity index (χ3n) is 2.25. The number of alkyl halides is 3. The van der Waals surface area contributed by atoms with Crippen molar-refractivity contribution in [3.05, 3.63) is 24.4 Å². The van der Waals surface area contributed by atoms with Crippen molar-refractivity contribution < 1.29 is 13.2 Å². The highest BCUT2D eigenvalue weighted by Crippen LogP contribution is 2.21. The summed E-state index contributed by atoms with van der Waals surface area (Å²) < 4.78 is 37.4. The first-order chi connectivity index (χ1) is 8.87. The lowest BCUT2D eigenvalue weighted by Crippen LogP contribution is -2.18. The van der Waals surface area contributed by atoms with E-state index in [1.165, 1.54) is 12.4 Å². The smallest absolute Gasteiger partial charge is 0.323 e. The SMILES string of the molecule is CC(N)c1nccnc1-c1ncn(CC(F)(F)F)n1. The van der Waals surface area contributed by atoms with Crippen LogP contribution >= 0.6 is 0 Å². The molecular weight excluding hydrogens is 261 g/mol. The van der Waals surface area contributed by atoms with Crippen LogP contribution in [0, 0.1) is 0 Å². The monoisotopic (exact) mass is 272 g/mol. The van der Waals surface area contributed by atoms with Crippen LogP contribution in [0.5, 0.6) is 0 Å². The Morgan fingerprint density at radius 1 is 1.26 bits per heavy atom. The normalized spacial score (nSPS) is 13.5. The van der Waals surface area contributed by atoms with Gasteiger partial charge in [-0.1, -0.05) is 0 Å². The van der Waals surface area contributed by atoms with Crippen LogP contribution in [0.3, 0.4) is 0 Å². The van der Waals surface area contributed by atoms with Crippen LogP contribution in [-0.2, 0) is 6.54 Å². The number of hydrogen-bond donors (Lipinski definition) is 1. The molecule has 0 aromatic carbocycles. The topological polar surface area (TPSA) is 82.5 Å². The Hall–Kier alpha value is -2.03. The summed E-state index contributed by atoms with van der Waals surface area (Å²) in [6.45, 7) is 0.494. The Labute approximate surface area is 106 Å². The van der Waals surface area contributed by atoms with Crippen LogP contribution in [0.25, 0.3) is 11.5 Å². The van der Waals surface area contributed by atoms with Crippen LogP contribution in [0.1, 0.15) is 18.7 Å². The molecule has 2 rings (SSSR count). The van der Waals surface area contributed by atoms with Crippen molar-refractivity contribution in [2.75, 3.05) is 0 Å². The maximum Gasteiger partial charge on any atom is 0.408 e. The van der Waals surface area contributed by atoms with Gasteiger partial charge < -0.3 is 5.73 Å². The van der Waals surface area contributed by atoms with Gasteiger partial charge in [-0.3, -0.25) is 4.98 Å². The molecule has 0 saturated carbocycles. The average Bonchev–Trinajstić information content (AvgIpc) is 2.75. The quantitative estimate of drug-likeness (QED) is 0.911. The second kappa shape index (κ2) is 4.92. The number of rotatable bonds is 3. The van der Waals surface area contributed by atoms with Crippen molar-refractivity contribution in [1.82, 2.24) is 24.7 Å². The van der Waals surface area contributed by atoms with Crippen LogP contribution in [0.4, 0.5) is 13.2 Å². The highest BCUT2D eigenvalue weighted by Gasteiger charge is 2.29. The van der Waals surface area contributed by atoms with Crippen molar-refractivity contribution in [1.29, 1.82) is 0 Å². The number of halogens is 3. The predicted octanol–water partition coefficient (Wildman–Crippen LogP) is 1.32. The van der Waals surface area contributed by atoms with E-state index in [9.17, 15) is 13.2 Å². The van der Waals surface area contributed by atoms with E-state index in [1.54, 1.807) is 6.92 Å². The first-order valence-corrected chi connectivity index (χ1v) is 5.40. The summed E-state index contributed by atoms with van der Waals surface area (Å²) in [6.07, 6.45) is -0.486. The summed E-state index contributed by atoms with van der Waals surface area (Å²) in [5, 5.41) is 3.74.